The summed E-state index contributed by atoms with van der Waals surface area (Å²) in [5, 5.41) is 0. The molecule has 3 aromatic rings. The fraction of sp³-hybridized carbons (Fsp3) is 0.207. The van der Waals surface area contributed by atoms with Crippen LogP contribution in [0.3, 0.4) is 0 Å². The predicted molar refractivity (Wildman–Crippen MR) is 129 cm³/mol. The van der Waals surface area contributed by atoms with Gasteiger partial charge in [0.1, 0.15) is 5.75 Å². The second kappa shape index (κ2) is 11.2. The molecule has 35 heavy (non-hydrogen) atoms. The number of hydrogen-bond donors (Lipinski definition) is 0. The van der Waals surface area contributed by atoms with E-state index in [1.54, 1.807) is 24.3 Å². The Morgan fingerprint density at radius 1 is 0.686 bits per heavy atom. The molecule has 0 aliphatic heterocycles. The van der Waals surface area contributed by atoms with E-state index in [0.717, 1.165) is 60.4 Å². The van der Waals surface area contributed by atoms with Gasteiger partial charge in [0, 0.05) is 11.1 Å². The van der Waals surface area contributed by atoms with Crippen molar-refractivity contribution < 1.29 is 27.1 Å². The van der Waals surface area contributed by atoms with Crippen LogP contribution in [0.5, 0.6) is 5.75 Å². The lowest BCUT2D eigenvalue weighted by atomic mass is 9.94. The molecule has 0 fully saturated rings. The molecule has 0 heterocycles. The average Bonchev–Trinajstić information content (AvgIpc) is 2.87. The van der Waals surface area contributed by atoms with E-state index in [2.05, 4.69) is 13.2 Å². The second-order valence-corrected chi connectivity index (χ2v) is 8.11. The van der Waals surface area contributed by atoms with Crippen LogP contribution < -0.4 is 4.74 Å². The zero-order valence-electron chi connectivity index (χ0n) is 19.2. The molecular formula is C29H26F4O2. The van der Waals surface area contributed by atoms with Gasteiger partial charge < -0.3 is 4.74 Å². The summed E-state index contributed by atoms with van der Waals surface area (Å²) in [4.78, 5) is 12.4. The molecule has 0 unspecified atom stereocenters. The molecule has 0 atom stereocenters. The number of hydrogen-bond acceptors (Lipinski definition) is 2. The highest BCUT2D eigenvalue weighted by Gasteiger charge is 2.58. The summed E-state index contributed by atoms with van der Waals surface area (Å²) < 4.78 is 64.5. The second-order valence-electron chi connectivity index (χ2n) is 8.11. The van der Waals surface area contributed by atoms with E-state index in [1.165, 1.54) is 12.1 Å². The molecule has 3 rings (SSSR count). The summed E-state index contributed by atoms with van der Waals surface area (Å²) in [5.74, 6) is -9.42. The molecule has 0 amide bonds. The Balaban J connectivity index is 1.71. The third kappa shape index (κ3) is 6.07. The van der Waals surface area contributed by atoms with Crippen LogP contribution in [0.15, 0.2) is 98.1 Å². The van der Waals surface area contributed by atoms with Crippen molar-refractivity contribution in [2.24, 2.45) is 0 Å². The molecular weight excluding hydrogens is 456 g/mol. The van der Waals surface area contributed by atoms with Crippen LogP contribution in [0.25, 0.3) is 0 Å². The Morgan fingerprint density at radius 3 is 1.51 bits per heavy atom. The van der Waals surface area contributed by atoms with Crippen LogP contribution in [-0.2, 0) is 24.7 Å². The summed E-state index contributed by atoms with van der Waals surface area (Å²) in [5.41, 5.74) is 0.0760. The van der Waals surface area contributed by atoms with Crippen LogP contribution in [0.4, 0.5) is 17.6 Å². The number of carbonyl (C=O) groups is 1. The minimum Gasteiger partial charge on any atom is -0.423 e. The lowest BCUT2D eigenvalue weighted by Gasteiger charge is -2.27. The molecule has 0 saturated carbocycles. The maximum Gasteiger partial charge on any atom is 0.343 e. The van der Waals surface area contributed by atoms with Gasteiger partial charge in [0.05, 0.1) is 5.56 Å². The van der Waals surface area contributed by atoms with Gasteiger partial charge in [-0.2, -0.15) is 17.6 Å². The highest BCUT2D eigenvalue weighted by atomic mass is 19.3. The third-order valence-electron chi connectivity index (χ3n) is 5.60. The van der Waals surface area contributed by atoms with E-state index >= 15 is 0 Å². The maximum atomic E-state index is 14.8. The van der Waals surface area contributed by atoms with Gasteiger partial charge in [-0.25, -0.2) is 4.79 Å². The van der Waals surface area contributed by atoms with Gasteiger partial charge in [0.2, 0.25) is 0 Å². The molecule has 0 N–H and O–H groups in total. The molecule has 6 heteroatoms. The maximum absolute atomic E-state index is 14.8. The van der Waals surface area contributed by atoms with E-state index < -0.39 is 28.9 Å². The number of aryl methyl sites for hydroxylation is 2. The SMILES string of the molecule is C=CCCc1ccc(OC(=O)c2ccc(C(F)(F)C(F)(F)c3ccc(CCC=C)cc3)cc2)cc1. The first-order valence-corrected chi connectivity index (χ1v) is 11.2. The van der Waals surface area contributed by atoms with Crippen molar-refractivity contribution >= 4 is 5.97 Å². The van der Waals surface area contributed by atoms with Crippen molar-refractivity contribution in [2.75, 3.05) is 0 Å². The quantitative estimate of drug-likeness (QED) is 0.120. The van der Waals surface area contributed by atoms with Crippen LogP contribution in [0.2, 0.25) is 0 Å². The minimum absolute atomic E-state index is 0.0322. The molecule has 0 bridgehead atoms. The minimum atomic E-state index is -4.49. The van der Waals surface area contributed by atoms with E-state index in [4.69, 9.17) is 4.74 Å². The molecule has 182 valence electrons. The number of allylic oxidation sites excluding steroid dienone is 2. The Labute approximate surface area is 202 Å². The summed E-state index contributed by atoms with van der Waals surface area (Å²) >= 11 is 0. The number of esters is 1. The molecule has 0 saturated heterocycles. The lowest BCUT2D eigenvalue weighted by molar-refractivity contribution is -0.223. The van der Waals surface area contributed by atoms with Crippen molar-refractivity contribution in [3.8, 4) is 5.75 Å². The monoisotopic (exact) mass is 482 g/mol. The smallest absolute Gasteiger partial charge is 0.343 e. The standard InChI is InChI=1S/C29H26F4O2/c1-3-5-7-21-9-15-24(16-10-21)28(30,31)29(32,33)25-17-13-23(14-18-25)27(34)35-26-19-11-22(12-20-26)8-6-4-2/h3-4,9-20H,1-2,5-8H2. The van der Waals surface area contributed by atoms with Gasteiger partial charge in [-0.3, -0.25) is 0 Å². The van der Waals surface area contributed by atoms with E-state index in [0.29, 0.717) is 12.8 Å². The van der Waals surface area contributed by atoms with Gasteiger partial charge in [0.25, 0.3) is 0 Å². The zero-order valence-corrected chi connectivity index (χ0v) is 19.2. The number of carbonyl (C=O) groups excluding carboxylic acids is 1. The third-order valence-corrected chi connectivity index (χ3v) is 5.60. The summed E-state index contributed by atoms with van der Waals surface area (Å²) in [6, 6.07) is 15.5. The van der Waals surface area contributed by atoms with Gasteiger partial charge >= 0.3 is 17.8 Å². The molecule has 0 radical (unpaired) electrons. The highest BCUT2D eigenvalue weighted by Crippen LogP contribution is 2.49. The van der Waals surface area contributed by atoms with Crippen molar-refractivity contribution in [3.05, 3.63) is 126 Å². The Kier molecular flexibility index (Phi) is 8.28. The van der Waals surface area contributed by atoms with Gasteiger partial charge in [-0.15, -0.1) is 13.2 Å². The lowest BCUT2D eigenvalue weighted by Crippen LogP contribution is -2.35. The molecule has 0 aromatic heterocycles. The number of alkyl halides is 4. The number of benzene rings is 3. The normalized spacial score (nSPS) is 11.7. The van der Waals surface area contributed by atoms with Crippen molar-refractivity contribution in [1.82, 2.24) is 0 Å². The Hall–Kier alpha value is -3.67. The number of rotatable bonds is 11. The molecule has 3 aromatic carbocycles. The topological polar surface area (TPSA) is 26.3 Å². The molecule has 0 aliphatic rings. The van der Waals surface area contributed by atoms with E-state index in [-0.39, 0.29) is 11.3 Å². The van der Waals surface area contributed by atoms with Gasteiger partial charge in [0.15, 0.2) is 0 Å². The summed E-state index contributed by atoms with van der Waals surface area (Å²) in [6.07, 6.45) is 6.36. The highest BCUT2D eigenvalue weighted by molar-refractivity contribution is 5.91. The first kappa shape index (κ1) is 25.9. The zero-order chi connectivity index (χ0) is 25.5. The van der Waals surface area contributed by atoms with Crippen molar-refractivity contribution in [2.45, 2.75) is 37.5 Å². The van der Waals surface area contributed by atoms with Crippen molar-refractivity contribution in [3.63, 3.8) is 0 Å². The van der Waals surface area contributed by atoms with Crippen LogP contribution in [0, 0.1) is 0 Å². The fourth-order valence-electron chi connectivity index (χ4n) is 3.49. The average molecular weight is 483 g/mol. The van der Waals surface area contributed by atoms with E-state index in [9.17, 15) is 22.4 Å². The first-order chi connectivity index (χ1) is 16.7. The van der Waals surface area contributed by atoms with Crippen LogP contribution in [-0.4, -0.2) is 5.97 Å². The van der Waals surface area contributed by atoms with Crippen LogP contribution >= 0.6 is 0 Å². The summed E-state index contributed by atoms with van der Waals surface area (Å²) in [7, 11) is 0. The van der Waals surface area contributed by atoms with Gasteiger partial charge in [-0.05, 0) is 61.1 Å². The van der Waals surface area contributed by atoms with Crippen molar-refractivity contribution in [1.29, 1.82) is 0 Å². The van der Waals surface area contributed by atoms with E-state index in [1.807, 2.05) is 12.1 Å². The van der Waals surface area contributed by atoms with Gasteiger partial charge in [-0.1, -0.05) is 60.7 Å². The number of halogens is 4. The molecule has 0 spiro atoms. The van der Waals surface area contributed by atoms with Crippen LogP contribution in [0.1, 0.15) is 45.5 Å². The fourth-order valence-corrected chi connectivity index (χ4v) is 3.49. The number of ether oxygens (including phenoxy) is 1. The molecule has 0 aliphatic carbocycles. The molecule has 2 nitrogen and oxygen atoms in total. The predicted octanol–water partition coefficient (Wildman–Crippen LogP) is 8.03. The Bertz CT molecular complexity index is 1150. The summed E-state index contributed by atoms with van der Waals surface area (Å²) in [6.45, 7) is 7.26. The first-order valence-electron chi connectivity index (χ1n) is 11.2. The Morgan fingerprint density at radius 2 is 1.09 bits per heavy atom. The largest absolute Gasteiger partial charge is 0.423 e.